The topological polar surface area (TPSA) is 103 Å². The van der Waals surface area contributed by atoms with Gasteiger partial charge in [-0.15, -0.1) is 0 Å². The number of rotatable bonds is 5. The smallest absolute Gasteiger partial charge is 0.311 e. The minimum Gasteiger partial charge on any atom is -0.481 e. The number of carbonyl (C=O) groups is 2. The van der Waals surface area contributed by atoms with Gasteiger partial charge in [0.2, 0.25) is 5.91 Å². The molecule has 7 heteroatoms. The number of aromatic nitrogens is 2. The molecule has 3 rings (SSSR count). The molecule has 1 aromatic carbocycles. The monoisotopic (exact) mass is 343 g/mol. The second-order valence-corrected chi connectivity index (χ2v) is 6.81. The second-order valence-electron chi connectivity index (χ2n) is 6.81. The molecule has 1 amide bonds. The summed E-state index contributed by atoms with van der Waals surface area (Å²) in [4.78, 5) is 44.3. The summed E-state index contributed by atoms with van der Waals surface area (Å²) in [6.45, 7) is 2.41. The SMILES string of the molecule is CC1(C(=O)O)CCN(C(=O)CCCc2nc3ccccc3c(=O)[nH]2)C1. The Bertz CT molecular complexity index is 876. The average molecular weight is 343 g/mol. The number of para-hydroxylation sites is 1. The van der Waals surface area contributed by atoms with Gasteiger partial charge in [0.05, 0.1) is 16.3 Å². The zero-order valence-corrected chi connectivity index (χ0v) is 14.1. The van der Waals surface area contributed by atoms with E-state index in [1.807, 2.05) is 6.07 Å². The largest absolute Gasteiger partial charge is 0.481 e. The fourth-order valence-corrected chi connectivity index (χ4v) is 3.17. The van der Waals surface area contributed by atoms with E-state index in [-0.39, 0.29) is 18.0 Å². The molecule has 1 saturated heterocycles. The Morgan fingerprint density at radius 2 is 2.12 bits per heavy atom. The van der Waals surface area contributed by atoms with Crippen LogP contribution in [0.3, 0.4) is 0 Å². The standard InChI is InChI=1S/C18H21N3O4/c1-18(17(24)25)9-10-21(11-18)15(22)8-4-7-14-19-13-6-3-2-5-12(13)16(23)20-14/h2-3,5-6H,4,7-11H2,1H3,(H,24,25)(H,19,20,23). The summed E-state index contributed by atoms with van der Waals surface area (Å²) in [5.41, 5.74) is -0.381. The number of hydrogen-bond donors (Lipinski definition) is 2. The normalized spacial score (nSPS) is 20.1. The Balaban J connectivity index is 1.57. The van der Waals surface area contributed by atoms with E-state index in [1.54, 1.807) is 30.0 Å². The quantitative estimate of drug-likeness (QED) is 0.858. The number of aliphatic carboxylic acids is 1. The lowest BCUT2D eigenvalue weighted by atomic mass is 9.90. The van der Waals surface area contributed by atoms with Crippen LogP contribution in [0.15, 0.2) is 29.1 Å². The fraction of sp³-hybridized carbons (Fsp3) is 0.444. The van der Waals surface area contributed by atoms with Crippen LogP contribution in [0.25, 0.3) is 10.9 Å². The highest BCUT2D eigenvalue weighted by Gasteiger charge is 2.41. The zero-order valence-electron chi connectivity index (χ0n) is 14.1. The van der Waals surface area contributed by atoms with E-state index in [4.69, 9.17) is 0 Å². The molecule has 25 heavy (non-hydrogen) atoms. The minimum absolute atomic E-state index is 0.0480. The van der Waals surface area contributed by atoms with Crippen LogP contribution in [-0.2, 0) is 16.0 Å². The van der Waals surface area contributed by atoms with Gasteiger partial charge in [-0.2, -0.15) is 0 Å². The average Bonchev–Trinajstić information content (AvgIpc) is 2.99. The second kappa shape index (κ2) is 6.66. The Morgan fingerprint density at radius 1 is 1.36 bits per heavy atom. The van der Waals surface area contributed by atoms with Crippen molar-refractivity contribution >= 4 is 22.8 Å². The number of carbonyl (C=O) groups excluding carboxylic acids is 1. The number of likely N-dealkylation sites (tertiary alicyclic amines) is 1. The maximum atomic E-state index is 12.3. The van der Waals surface area contributed by atoms with E-state index in [2.05, 4.69) is 9.97 Å². The number of hydrogen-bond acceptors (Lipinski definition) is 4. The highest BCUT2D eigenvalue weighted by Crippen LogP contribution is 2.30. The number of carboxylic acids is 1. The minimum atomic E-state index is -0.860. The number of benzene rings is 1. The molecule has 1 fully saturated rings. The van der Waals surface area contributed by atoms with Crippen molar-refractivity contribution < 1.29 is 14.7 Å². The summed E-state index contributed by atoms with van der Waals surface area (Å²) < 4.78 is 0. The lowest BCUT2D eigenvalue weighted by molar-refractivity contribution is -0.147. The molecule has 1 unspecified atom stereocenters. The third kappa shape index (κ3) is 3.55. The maximum absolute atomic E-state index is 12.3. The Hall–Kier alpha value is -2.70. The van der Waals surface area contributed by atoms with Crippen LogP contribution in [0, 0.1) is 5.41 Å². The van der Waals surface area contributed by atoms with Crippen molar-refractivity contribution in [3.63, 3.8) is 0 Å². The van der Waals surface area contributed by atoms with Gasteiger partial charge in [0.1, 0.15) is 5.82 Å². The van der Waals surface area contributed by atoms with Crippen molar-refractivity contribution in [2.75, 3.05) is 13.1 Å². The number of aryl methyl sites for hydroxylation is 1. The van der Waals surface area contributed by atoms with Crippen LogP contribution in [0.2, 0.25) is 0 Å². The number of nitrogens with one attached hydrogen (secondary N) is 1. The van der Waals surface area contributed by atoms with Crippen LogP contribution in [0.4, 0.5) is 0 Å². The molecule has 1 aliphatic heterocycles. The predicted molar refractivity (Wildman–Crippen MR) is 92.2 cm³/mol. The lowest BCUT2D eigenvalue weighted by Crippen LogP contribution is -2.34. The summed E-state index contributed by atoms with van der Waals surface area (Å²) in [5.74, 6) is -0.345. The van der Waals surface area contributed by atoms with Crippen molar-refractivity contribution in [1.29, 1.82) is 0 Å². The first-order valence-corrected chi connectivity index (χ1v) is 8.38. The summed E-state index contributed by atoms with van der Waals surface area (Å²) in [6.07, 6.45) is 1.84. The van der Waals surface area contributed by atoms with Crippen LogP contribution in [0.5, 0.6) is 0 Å². The molecule has 0 bridgehead atoms. The molecule has 0 radical (unpaired) electrons. The summed E-state index contributed by atoms with van der Waals surface area (Å²) in [5, 5.41) is 9.78. The van der Waals surface area contributed by atoms with Crippen LogP contribution >= 0.6 is 0 Å². The first kappa shape index (κ1) is 17.1. The summed E-state index contributed by atoms with van der Waals surface area (Å²) >= 11 is 0. The van der Waals surface area contributed by atoms with E-state index in [0.717, 1.165) is 0 Å². The van der Waals surface area contributed by atoms with Gasteiger partial charge in [-0.3, -0.25) is 14.4 Å². The van der Waals surface area contributed by atoms with Gasteiger partial charge >= 0.3 is 5.97 Å². The highest BCUT2D eigenvalue weighted by molar-refractivity contribution is 5.80. The van der Waals surface area contributed by atoms with E-state index in [1.165, 1.54) is 0 Å². The Labute approximate surface area is 144 Å². The zero-order chi connectivity index (χ0) is 18.0. The number of nitrogens with zero attached hydrogens (tertiary/aromatic N) is 2. The first-order chi connectivity index (χ1) is 11.9. The van der Waals surface area contributed by atoms with Crippen molar-refractivity contribution in [3.05, 3.63) is 40.4 Å². The van der Waals surface area contributed by atoms with Crippen molar-refractivity contribution in [3.8, 4) is 0 Å². The van der Waals surface area contributed by atoms with Gasteiger partial charge in [0.25, 0.3) is 5.56 Å². The number of H-pyrrole nitrogens is 1. The maximum Gasteiger partial charge on any atom is 0.311 e. The molecule has 2 heterocycles. The van der Waals surface area contributed by atoms with Crippen LogP contribution in [-0.4, -0.2) is 44.9 Å². The van der Waals surface area contributed by atoms with E-state index >= 15 is 0 Å². The Morgan fingerprint density at radius 3 is 2.84 bits per heavy atom. The number of amides is 1. The molecule has 2 N–H and O–H groups in total. The molecule has 0 aliphatic carbocycles. The van der Waals surface area contributed by atoms with Gasteiger partial charge in [-0.1, -0.05) is 12.1 Å². The summed E-state index contributed by atoms with van der Waals surface area (Å²) in [6, 6.07) is 7.13. The van der Waals surface area contributed by atoms with E-state index < -0.39 is 11.4 Å². The molecular formula is C18H21N3O4. The fourth-order valence-electron chi connectivity index (χ4n) is 3.17. The molecule has 0 spiro atoms. The number of aromatic amines is 1. The molecule has 7 nitrogen and oxygen atoms in total. The van der Waals surface area contributed by atoms with Crippen molar-refractivity contribution in [2.24, 2.45) is 5.41 Å². The molecule has 0 saturated carbocycles. The molecule has 2 aromatic rings. The molecule has 1 aliphatic rings. The molecular weight excluding hydrogens is 322 g/mol. The Kier molecular flexibility index (Phi) is 4.57. The van der Waals surface area contributed by atoms with Gasteiger partial charge in [-0.25, -0.2) is 4.98 Å². The van der Waals surface area contributed by atoms with Crippen molar-refractivity contribution in [1.82, 2.24) is 14.9 Å². The van der Waals surface area contributed by atoms with Gasteiger partial charge < -0.3 is 15.0 Å². The van der Waals surface area contributed by atoms with E-state index in [9.17, 15) is 19.5 Å². The van der Waals surface area contributed by atoms with Gasteiger partial charge in [-0.05, 0) is 31.9 Å². The summed E-state index contributed by atoms with van der Waals surface area (Å²) in [7, 11) is 0. The van der Waals surface area contributed by atoms with E-state index in [0.29, 0.717) is 49.0 Å². The molecule has 132 valence electrons. The lowest BCUT2D eigenvalue weighted by Gasteiger charge is -2.20. The van der Waals surface area contributed by atoms with Crippen LogP contribution in [0.1, 0.15) is 32.0 Å². The van der Waals surface area contributed by atoms with Crippen LogP contribution < -0.4 is 5.56 Å². The molecule has 1 atom stereocenters. The predicted octanol–water partition coefficient (Wildman–Crippen LogP) is 1.57. The van der Waals surface area contributed by atoms with Gasteiger partial charge in [0.15, 0.2) is 0 Å². The molecule has 1 aromatic heterocycles. The highest BCUT2D eigenvalue weighted by atomic mass is 16.4. The number of carboxylic acid groups (broad SMARTS) is 1. The first-order valence-electron chi connectivity index (χ1n) is 8.38. The van der Waals surface area contributed by atoms with Gasteiger partial charge in [0, 0.05) is 25.9 Å². The number of fused-ring (bicyclic) bond motifs is 1. The third-order valence-electron chi connectivity index (χ3n) is 4.81. The van der Waals surface area contributed by atoms with Crippen molar-refractivity contribution in [2.45, 2.75) is 32.6 Å². The third-order valence-corrected chi connectivity index (χ3v) is 4.81.